The van der Waals surface area contributed by atoms with Gasteiger partial charge in [-0.3, -0.25) is 9.59 Å². The van der Waals surface area contributed by atoms with E-state index >= 15 is 0 Å². The Balaban J connectivity index is 1.54. The van der Waals surface area contributed by atoms with Crippen LogP contribution in [-0.4, -0.2) is 17.9 Å². The molecule has 3 heteroatoms. The molecule has 180 valence electrons. The van der Waals surface area contributed by atoms with Crippen LogP contribution >= 0.6 is 0 Å². The van der Waals surface area contributed by atoms with Gasteiger partial charge in [-0.1, -0.05) is 59.5 Å². The lowest BCUT2D eigenvalue weighted by molar-refractivity contribution is -0.150. The number of rotatable bonds is 6. The first-order valence-corrected chi connectivity index (χ1v) is 13.5. The van der Waals surface area contributed by atoms with Gasteiger partial charge in [-0.05, 0) is 90.9 Å². The van der Waals surface area contributed by atoms with Crippen molar-refractivity contribution >= 4 is 11.8 Å². The molecule has 0 amide bonds. The molecular weight excluding hydrogens is 396 g/mol. The van der Waals surface area contributed by atoms with Crippen LogP contribution in [0.4, 0.5) is 0 Å². The first-order chi connectivity index (χ1) is 15.1. The minimum Gasteiger partial charge on any atom is -0.463 e. The number of esters is 1. The molecule has 2 fully saturated rings. The average Bonchev–Trinajstić information content (AvgIpc) is 3.05. The van der Waals surface area contributed by atoms with Gasteiger partial charge in [0.1, 0.15) is 6.10 Å². The lowest BCUT2D eigenvalue weighted by Gasteiger charge is -2.54. The highest BCUT2D eigenvalue weighted by molar-refractivity contribution is 5.98. The van der Waals surface area contributed by atoms with Gasteiger partial charge >= 0.3 is 5.97 Å². The number of Topliss-reactive ketones (excluding diaryl/α,β-unsaturated/α-hetero) is 1. The van der Waals surface area contributed by atoms with E-state index in [1.165, 1.54) is 56.6 Å². The van der Waals surface area contributed by atoms with Crippen LogP contribution in [0, 0.1) is 40.4 Å². The summed E-state index contributed by atoms with van der Waals surface area (Å²) in [5.74, 6) is 3.35. The maximum absolute atomic E-state index is 13.6. The Morgan fingerprint density at radius 2 is 1.84 bits per heavy atom. The quantitative estimate of drug-likeness (QED) is 0.406. The first kappa shape index (κ1) is 24.0. The Morgan fingerprint density at radius 1 is 1.09 bits per heavy atom. The molecule has 0 N–H and O–H groups in total. The number of allylic oxidation sites excluding steroid dienone is 2. The van der Waals surface area contributed by atoms with Crippen LogP contribution in [0.3, 0.4) is 0 Å². The van der Waals surface area contributed by atoms with Gasteiger partial charge in [-0.15, -0.1) is 0 Å². The van der Waals surface area contributed by atoms with E-state index in [1.54, 1.807) is 0 Å². The molecule has 0 radical (unpaired) electrons. The van der Waals surface area contributed by atoms with E-state index in [9.17, 15) is 9.59 Å². The van der Waals surface area contributed by atoms with Gasteiger partial charge in [0.15, 0.2) is 5.78 Å². The lowest BCUT2D eigenvalue weighted by Crippen LogP contribution is -2.48. The van der Waals surface area contributed by atoms with Crippen molar-refractivity contribution in [2.24, 2.45) is 40.4 Å². The van der Waals surface area contributed by atoms with Crippen LogP contribution in [0.1, 0.15) is 112 Å². The van der Waals surface area contributed by atoms with E-state index in [0.29, 0.717) is 29.5 Å². The van der Waals surface area contributed by atoms with Crippen molar-refractivity contribution in [2.75, 3.05) is 0 Å². The molecule has 2 saturated carbocycles. The monoisotopic (exact) mass is 442 g/mol. The van der Waals surface area contributed by atoms with Crippen LogP contribution in [0.25, 0.3) is 0 Å². The predicted octanol–water partition coefficient (Wildman–Crippen LogP) is 7.28. The predicted molar refractivity (Wildman–Crippen MR) is 129 cm³/mol. The average molecular weight is 443 g/mol. The molecule has 3 nitrogen and oxygen atoms in total. The molecule has 0 spiro atoms. The van der Waals surface area contributed by atoms with Crippen molar-refractivity contribution in [3.63, 3.8) is 0 Å². The minimum atomic E-state index is -0.186. The largest absolute Gasteiger partial charge is 0.463 e. The Morgan fingerprint density at radius 3 is 2.53 bits per heavy atom. The van der Waals surface area contributed by atoms with Crippen molar-refractivity contribution in [1.82, 2.24) is 0 Å². The van der Waals surface area contributed by atoms with Gasteiger partial charge in [-0.25, -0.2) is 0 Å². The fourth-order valence-corrected chi connectivity index (χ4v) is 8.52. The smallest absolute Gasteiger partial charge is 0.302 e. The minimum absolute atomic E-state index is 0.00284. The van der Waals surface area contributed by atoms with E-state index in [-0.39, 0.29) is 17.5 Å². The third kappa shape index (κ3) is 4.11. The van der Waals surface area contributed by atoms with Gasteiger partial charge in [0.2, 0.25) is 0 Å². The molecule has 4 aliphatic carbocycles. The van der Waals surface area contributed by atoms with E-state index in [2.05, 4.69) is 34.6 Å². The summed E-state index contributed by atoms with van der Waals surface area (Å²) < 4.78 is 5.56. The molecule has 0 unspecified atom stereocenters. The number of ketones is 1. The topological polar surface area (TPSA) is 43.4 Å². The molecule has 0 aromatic rings. The molecule has 32 heavy (non-hydrogen) atoms. The third-order valence-corrected chi connectivity index (χ3v) is 10.3. The Kier molecular flexibility index (Phi) is 6.69. The molecule has 0 aromatic heterocycles. The van der Waals surface area contributed by atoms with Gasteiger partial charge < -0.3 is 4.74 Å². The summed E-state index contributed by atoms with van der Waals surface area (Å²) in [6.07, 6.45) is 12.4. The Hall–Kier alpha value is -1.12. The highest BCUT2D eigenvalue weighted by Crippen LogP contribution is 2.65. The number of fused-ring (bicyclic) bond motifs is 4. The molecular formula is C29H46O3. The fraction of sp³-hybridized carbons (Fsp3) is 0.862. The summed E-state index contributed by atoms with van der Waals surface area (Å²) in [7, 11) is 0. The summed E-state index contributed by atoms with van der Waals surface area (Å²) in [4.78, 5) is 25.1. The van der Waals surface area contributed by atoms with E-state index in [4.69, 9.17) is 4.74 Å². The number of hydrogen-bond acceptors (Lipinski definition) is 3. The zero-order valence-corrected chi connectivity index (χ0v) is 21.5. The summed E-state index contributed by atoms with van der Waals surface area (Å²) in [6.45, 7) is 13.6. The fourth-order valence-electron chi connectivity index (χ4n) is 8.52. The zero-order valence-electron chi connectivity index (χ0n) is 21.5. The lowest BCUT2D eigenvalue weighted by atomic mass is 9.50. The van der Waals surface area contributed by atoms with Crippen molar-refractivity contribution in [3.8, 4) is 0 Å². The van der Waals surface area contributed by atoms with E-state index < -0.39 is 0 Å². The molecule has 0 bridgehead atoms. The van der Waals surface area contributed by atoms with Crippen molar-refractivity contribution < 1.29 is 14.3 Å². The maximum Gasteiger partial charge on any atom is 0.302 e. The molecule has 4 aliphatic rings. The number of hydrogen-bond donors (Lipinski definition) is 0. The SMILES string of the molecule is CC(=O)O[C@@H]1CC[C@]2(C)C3=C(C(=O)C[C@H]2C1)[C@@H]1CC[C@H]([C@H](C)CCCC(C)C)[C@]1(C)CC3. The number of ether oxygens (including phenoxy) is 1. The van der Waals surface area contributed by atoms with Crippen LogP contribution in [0.2, 0.25) is 0 Å². The molecule has 0 aromatic carbocycles. The molecule has 0 aliphatic heterocycles. The van der Waals surface area contributed by atoms with Crippen LogP contribution in [0.5, 0.6) is 0 Å². The van der Waals surface area contributed by atoms with Crippen molar-refractivity contribution in [2.45, 2.75) is 118 Å². The zero-order chi connectivity index (χ0) is 23.3. The molecule has 0 saturated heterocycles. The highest BCUT2D eigenvalue weighted by Gasteiger charge is 2.58. The molecule has 7 atom stereocenters. The van der Waals surface area contributed by atoms with E-state index in [1.807, 2.05) is 0 Å². The van der Waals surface area contributed by atoms with Gasteiger partial charge in [-0.2, -0.15) is 0 Å². The van der Waals surface area contributed by atoms with Crippen LogP contribution in [0.15, 0.2) is 11.1 Å². The maximum atomic E-state index is 13.6. The summed E-state index contributed by atoms with van der Waals surface area (Å²) in [5, 5.41) is 0. The highest BCUT2D eigenvalue weighted by atomic mass is 16.5. The molecule has 0 heterocycles. The summed E-state index contributed by atoms with van der Waals surface area (Å²) in [6, 6.07) is 0. The van der Waals surface area contributed by atoms with Crippen molar-refractivity contribution in [3.05, 3.63) is 11.1 Å². The Bertz CT molecular complexity index is 779. The van der Waals surface area contributed by atoms with Crippen LogP contribution in [-0.2, 0) is 14.3 Å². The van der Waals surface area contributed by atoms with E-state index in [0.717, 1.165) is 43.4 Å². The van der Waals surface area contributed by atoms with Crippen molar-refractivity contribution in [1.29, 1.82) is 0 Å². The Labute approximate surface area is 196 Å². The third-order valence-electron chi connectivity index (χ3n) is 10.3. The number of carbonyl (C=O) groups excluding carboxylic acids is 2. The summed E-state index contributed by atoms with van der Waals surface area (Å²) >= 11 is 0. The standard InChI is InChI=1S/C29H46O3/c1-18(2)8-7-9-19(3)23-10-11-24-27-25(13-15-29(23,24)6)28(5)14-12-22(32-20(4)30)16-21(28)17-26(27)31/h18-19,21-24H,7-17H2,1-6H3/t19-,21-,22-,23-,24+,28+,29+/m1/s1. The number of carbonyl (C=O) groups is 2. The second-order valence-electron chi connectivity index (χ2n) is 12.7. The van der Waals surface area contributed by atoms with Gasteiger partial charge in [0, 0.05) is 13.3 Å². The second kappa shape index (κ2) is 8.91. The van der Waals surface area contributed by atoms with Gasteiger partial charge in [0.05, 0.1) is 0 Å². The van der Waals surface area contributed by atoms with Gasteiger partial charge in [0.25, 0.3) is 0 Å². The molecule has 4 rings (SSSR count). The van der Waals surface area contributed by atoms with Crippen LogP contribution < -0.4 is 0 Å². The second-order valence-corrected chi connectivity index (χ2v) is 12.7. The first-order valence-electron chi connectivity index (χ1n) is 13.5. The summed E-state index contributed by atoms with van der Waals surface area (Å²) in [5.41, 5.74) is 3.20. The normalized spacial score (nSPS) is 40.0.